The van der Waals surface area contributed by atoms with E-state index in [1.165, 1.54) is 4.68 Å². The summed E-state index contributed by atoms with van der Waals surface area (Å²) in [7, 11) is 1.74. The average molecular weight is 359 g/mol. The molecule has 2 aromatic rings. The Labute approximate surface area is 152 Å². The third-order valence-corrected chi connectivity index (χ3v) is 4.60. The smallest absolute Gasteiger partial charge is 0.312 e. The van der Waals surface area contributed by atoms with Crippen molar-refractivity contribution in [3.8, 4) is 5.69 Å². The second-order valence-corrected chi connectivity index (χ2v) is 6.30. The van der Waals surface area contributed by atoms with Crippen LogP contribution in [-0.2, 0) is 11.8 Å². The number of benzene rings is 1. The van der Waals surface area contributed by atoms with Crippen LogP contribution in [0.2, 0.25) is 0 Å². The summed E-state index contributed by atoms with van der Waals surface area (Å²) < 4.78 is 3.15. The largest absolute Gasteiger partial charge is 0.352 e. The van der Waals surface area contributed by atoms with E-state index in [9.17, 15) is 14.4 Å². The van der Waals surface area contributed by atoms with Gasteiger partial charge in [0.1, 0.15) is 11.7 Å². The number of hydrogen-bond donors (Lipinski definition) is 3. The number of rotatable bonds is 6. The molecule has 2 rings (SSSR count). The van der Waals surface area contributed by atoms with Crippen molar-refractivity contribution in [2.45, 2.75) is 33.2 Å². The van der Waals surface area contributed by atoms with Crippen LogP contribution in [0.1, 0.15) is 26.0 Å². The lowest BCUT2D eigenvalue weighted by molar-refractivity contribution is -0.119. The van der Waals surface area contributed by atoms with Gasteiger partial charge in [-0.3, -0.25) is 14.3 Å². The quantitative estimate of drug-likeness (QED) is 0.727. The van der Waals surface area contributed by atoms with E-state index in [4.69, 9.17) is 5.73 Å². The monoisotopic (exact) mass is 359 g/mol. The number of nitrogens with zero attached hydrogens (tertiary/aromatic N) is 2. The van der Waals surface area contributed by atoms with E-state index in [0.29, 0.717) is 17.8 Å². The van der Waals surface area contributed by atoms with Crippen molar-refractivity contribution in [1.82, 2.24) is 14.7 Å². The SMILES string of the molecule is CCC(C)C(NC(N)=O)C(=O)Nc1c(C)n(C)n(-c2ccccc2)c1=O. The zero-order valence-electron chi connectivity index (χ0n) is 15.4. The van der Waals surface area contributed by atoms with Gasteiger partial charge in [-0.1, -0.05) is 38.5 Å². The van der Waals surface area contributed by atoms with Gasteiger partial charge in [-0.05, 0) is 25.0 Å². The summed E-state index contributed by atoms with van der Waals surface area (Å²) in [6.45, 7) is 5.49. The molecule has 0 aliphatic heterocycles. The van der Waals surface area contributed by atoms with Gasteiger partial charge in [0.15, 0.2) is 0 Å². The number of para-hydroxylation sites is 1. The predicted octanol–water partition coefficient (Wildman–Crippen LogP) is 1.51. The van der Waals surface area contributed by atoms with Crippen molar-refractivity contribution in [3.05, 3.63) is 46.4 Å². The van der Waals surface area contributed by atoms with Gasteiger partial charge in [0.05, 0.1) is 11.4 Å². The molecular weight excluding hydrogens is 334 g/mol. The van der Waals surface area contributed by atoms with Gasteiger partial charge in [-0.25, -0.2) is 9.48 Å². The molecule has 26 heavy (non-hydrogen) atoms. The first-order chi connectivity index (χ1) is 12.3. The number of aromatic nitrogens is 2. The Balaban J connectivity index is 2.39. The lowest BCUT2D eigenvalue weighted by atomic mass is 9.98. The maximum atomic E-state index is 12.8. The molecule has 3 amide bonds. The fraction of sp³-hybridized carbons (Fsp3) is 0.389. The van der Waals surface area contributed by atoms with Gasteiger partial charge in [0.25, 0.3) is 5.56 Å². The third kappa shape index (κ3) is 3.79. The third-order valence-electron chi connectivity index (χ3n) is 4.60. The number of amides is 3. The normalized spacial score (nSPS) is 13.1. The van der Waals surface area contributed by atoms with Crippen molar-refractivity contribution in [2.24, 2.45) is 18.7 Å². The summed E-state index contributed by atoms with van der Waals surface area (Å²) in [5.74, 6) is -0.605. The molecule has 8 heteroatoms. The number of nitrogens with two attached hydrogens (primary N) is 1. The van der Waals surface area contributed by atoms with Crippen LogP contribution in [0, 0.1) is 12.8 Å². The number of nitrogens with one attached hydrogen (secondary N) is 2. The Morgan fingerprint density at radius 2 is 1.85 bits per heavy atom. The molecule has 1 aromatic heterocycles. The van der Waals surface area contributed by atoms with E-state index in [1.54, 1.807) is 18.7 Å². The molecule has 0 aliphatic rings. The van der Waals surface area contributed by atoms with E-state index in [2.05, 4.69) is 10.6 Å². The summed E-state index contributed by atoms with van der Waals surface area (Å²) >= 11 is 0. The van der Waals surface area contributed by atoms with Crippen molar-refractivity contribution in [2.75, 3.05) is 5.32 Å². The second kappa shape index (κ2) is 7.90. The van der Waals surface area contributed by atoms with Crippen LogP contribution >= 0.6 is 0 Å². The minimum atomic E-state index is -0.818. The van der Waals surface area contributed by atoms with Gasteiger partial charge in [0.2, 0.25) is 5.91 Å². The molecule has 2 atom stereocenters. The fourth-order valence-corrected chi connectivity index (χ4v) is 2.77. The molecule has 4 N–H and O–H groups in total. The van der Waals surface area contributed by atoms with Crippen molar-refractivity contribution in [1.29, 1.82) is 0 Å². The number of primary amides is 1. The molecular formula is C18H25N5O3. The first kappa shape index (κ1) is 19.3. The van der Waals surface area contributed by atoms with Crippen LogP contribution in [0.5, 0.6) is 0 Å². The Kier molecular flexibility index (Phi) is 5.86. The van der Waals surface area contributed by atoms with Crippen LogP contribution < -0.4 is 21.9 Å². The number of hydrogen-bond acceptors (Lipinski definition) is 3. The molecule has 1 heterocycles. The van der Waals surface area contributed by atoms with Crippen molar-refractivity contribution in [3.63, 3.8) is 0 Å². The first-order valence-corrected chi connectivity index (χ1v) is 8.48. The van der Waals surface area contributed by atoms with Crippen molar-refractivity contribution < 1.29 is 9.59 Å². The molecule has 0 saturated heterocycles. The average Bonchev–Trinajstić information content (AvgIpc) is 2.83. The highest BCUT2D eigenvalue weighted by Crippen LogP contribution is 2.16. The van der Waals surface area contributed by atoms with Gasteiger partial charge in [-0.15, -0.1) is 0 Å². The van der Waals surface area contributed by atoms with E-state index in [-0.39, 0.29) is 17.2 Å². The van der Waals surface area contributed by atoms with Gasteiger partial charge < -0.3 is 16.4 Å². The number of carbonyl (C=O) groups excluding carboxylic acids is 2. The minimum absolute atomic E-state index is 0.136. The summed E-state index contributed by atoms with van der Waals surface area (Å²) in [5.41, 5.74) is 6.32. The summed E-state index contributed by atoms with van der Waals surface area (Å²) in [6.07, 6.45) is 0.667. The fourth-order valence-electron chi connectivity index (χ4n) is 2.77. The topological polar surface area (TPSA) is 111 Å². The molecule has 2 unspecified atom stereocenters. The molecule has 0 bridgehead atoms. The second-order valence-electron chi connectivity index (χ2n) is 6.30. The maximum absolute atomic E-state index is 12.8. The Bertz CT molecular complexity index is 854. The van der Waals surface area contributed by atoms with Gasteiger partial charge in [0, 0.05) is 7.05 Å². The Morgan fingerprint density at radius 1 is 1.23 bits per heavy atom. The molecule has 8 nitrogen and oxygen atoms in total. The zero-order chi connectivity index (χ0) is 19.4. The number of urea groups is 1. The lowest BCUT2D eigenvalue weighted by Gasteiger charge is -2.22. The number of anilines is 1. The molecule has 1 aromatic carbocycles. The molecule has 0 saturated carbocycles. The van der Waals surface area contributed by atoms with Crippen molar-refractivity contribution >= 4 is 17.6 Å². The highest BCUT2D eigenvalue weighted by Gasteiger charge is 2.27. The highest BCUT2D eigenvalue weighted by atomic mass is 16.2. The first-order valence-electron chi connectivity index (χ1n) is 8.48. The number of carbonyl (C=O) groups is 2. The minimum Gasteiger partial charge on any atom is -0.352 e. The van der Waals surface area contributed by atoms with E-state index in [1.807, 2.05) is 44.2 Å². The van der Waals surface area contributed by atoms with E-state index < -0.39 is 18.0 Å². The Morgan fingerprint density at radius 3 is 2.38 bits per heavy atom. The summed E-state index contributed by atoms with van der Waals surface area (Å²) in [5, 5.41) is 5.12. The molecule has 140 valence electrons. The van der Waals surface area contributed by atoms with Crippen LogP contribution in [0.3, 0.4) is 0 Å². The van der Waals surface area contributed by atoms with E-state index >= 15 is 0 Å². The molecule has 0 radical (unpaired) electrons. The highest BCUT2D eigenvalue weighted by molar-refractivity contribution is 5.97. The summed E-state index contributed by atoms with van der Waals surface area (Å²) in [4.78, 5) is 36.7. The molecule has 0 fully saturated rings. The molecule has 0 aliphatic carbocycles. The van der Waals surface area contributed by atoms with Crippen LogP contribution in [0.25, 0.3) is 5.69 Å². The standard InChI is InChI=1S/C18H25N5O3/c1-5-11(2)14(21-18(19)26)16(24)20-15-12(3)22(4)23(17(15)25)13-9-7-6-8-10-13/h6-11,14H,5H2,1-4H3,(H,20,24)(H3,19,21,26). The van der Waals surface area contributed by atoms with Crippen LogP contribution in [0.4, 0.5) is 10.5 Å². The molecule has 0 spiro atoms. The van der Waals surface area contributed by atoms with E-state index in [0.717, 1.165) is 0 Å². The zero-order valence-corrected chi connectivity index (χ0v) is 15.4. The van der Waals surface area contributed by atoms with Crippen LogP contribution in [-0.4, -0.2) is 27.3 Å². The lowest BCUT2D eigenvalue weighted by Crippen LogP contribution is -2.50. The summed E-state index contributed by atoms with van der Waals surface area (Å²) in [6, 6.07) is 7.54. The maximum Gasteiger partial charge on any atom is 0.312 e. The predicted molar refractivity (Wildman–Crippen MR) is 100 cm³/mol. The van der Waals surface area contributed by atoms with Gasteiger partial charge in [-0.2, -0.15) is 0 Å². The Hall–Kier alpha value is -3.03. The van der Waals surface area contributed by atoms with Crippen LogP contribution in [0.15, 0.2) is 35.1 Å². The van der Waals surface area contributed by atoms with Gasteiger partial charge >= 0.3 is 6.03 Å².